The summed E-state index contributed by atoms with van der Waals surface area (Å²) < 4.78 is 9.30. The van der Waals surface area contributed by atoms with Crippen LogP contribution >= 0.6 is 0 Å². The van der Waals surface area contributed by atoms with E-state index in [0.29, 0.717) is 38.8 Å². The first-order valence-corrected chi connectivity index (χ1v) is 14.5. The quantitative estimate of drug-likeness (QED) is 0.266. The van der Waals surface area contributed by atoms with Crippen LogP contribution in [0.1, 0.15) is 63.8 Å². The summed E-state index contributed by atoms with van der Waals surface area (Å²) in [5, 5.41) is 20.1. The summed E-state index contributed by atoms with van der Waals surface area (Å²) in [6.07, 6.45) is 2.10. The molecule has 0 fully saturated rings. The van der Waals surface area contributed by atoms with E-state index in [1.807, 2.05) is 59.4 Å². The summed E-state index contributed by atoms with van der Waals surface area (Å²) in [5.74, 6) is 0.0232. The van der Waals surface area contributed by atoms with Gasteiger partial charge in [0, 0.05) is 42.8 Å². The van der Waals surface area contributed by atoms with Crippen LogP contribution in [0.3, 0.4) is 0 Å². The average Bonchev–Trinajstić information content (AvgIpc) is 3.64. The van der Waals surface area contributed by atoms with Gasteiger partial charge in [-0.3, -0.25) is 9.59 Å². The Kier molecular flexibility index (Phi) is 9.06. The van der Waals surface area contributed by atoms with E-state index in [9.17, 15) is 9.59 Å². The molecule has 0 saturated heterocycles. The predicted octanol–water partition coefficient (Wildman–Crippen LogP) is 4.37. The number of hydrogen-bond donors (Lipinski definition) is 1. The van der Waals surface area contributed by atoms with E-state index in [0.717, 1.165) is 39.5 Å². The van der Waals surface area contributed by atoms with Crippen LogP contribution in [0.2, 0.25) is 0 Å². The number of amides is 2. The van der Waals surface area contributed by atoms with Gasteiger partial charge in [-0.1, -0.05) is 66.7 Å². The van der Waals surface area contributed by atoms with Gasteiger partial charge in [-0.25, -0.2) is 9.36 Å². The standard InChI is InChI=1S/C31H38N8O3/c1-21(2)26-20-37(35-33-26)16-18-42-17-15-32-28(40)13-14-29(41)38-19-23-9-5-6-10-24(23)30-31(39(22(3)4)36-34-30)25-11-7-8-12-27(25)38/h5-12,20-22H,13-19H2,1-4H3,(H,32,40). The smallest absolute Gasteiger partial charge is 0.227 e. The number of para-hydroxylation sites is 1. The van der Waals surface area contributed by atoms with E-state index >= 15 is 0 Å². The van der Waals surface area contributed by atoms with Gasteiger partial charge in [0.05, 0.1) is 43.4 Å². The molecule has 0 spiro atoms. The van der Waals surface area contributed by atoms with E-state index < -0.39 is 0 Å². The summed E-state index contributed by atoms with van der Waals surface area (Å²) in [6.45, 7) is 10.5. The van der Waals surface area contributed by atoms with Gasteiger partial charge in [-0.15, -0.1) is 10.2 Å². The summed E-state index contributed by atoms with van der Waals surface area (Å²) in [4.78, 5) is 28.0. The molecule has 1 N–H and O–H groups in total. The molecule has 2 aromatic heterocycles. The number of hydrogen-bond acceptors (Lipinski definition) is 7. The first kappa shape index (κ1) is 29.1. The lowest BCUT2D eigenvalue weighted by atomic mass is 9.95. The third-order valence-corrected chi connectivity index (χ3v) is 7.28. The lowest BCUT2D eigenvalue weighted by molar-refractivity contribution is -0.125. The number of nitrogens with zero attached hydrogens (tertiary/aromatic N) is 7. The fraction of sp³-hybridized carbons (Fsp3) is 0.419. The van der Waals surface area contributed by atoms with Crippen molar-refractivity contribution < 1.29 is 14.3 Å². The summed E-state index contributed by atoms with van der Waals surface area (Å²) in [6, 6.07) is 15.9. The maximum absolute atomic E-state index is 13.7. The van der Waals surface area contributed by atoms with E-state index in [4.69, 9.17) is 4.74 Å². The van der Waals surface area contributed by atoms with Crippen molar-refractivity contribution in [2.24, 2.45) is 0 Å². The Balaban J connectivity index is 1.20. The van der Waals surface area contributed by atoms with Crippen molar-refractivity contribution in [3.8, 4) is 22.5 Å². The minimum atomic E-state index is -0.185. The number of anilines is 1. The Bertz CT molecular complexity index is 1540. The monoisotopic (exact) mass is 570 g/mol. The summed E-state index contributed by atoms with van der Waals surface area (Å²) in [7, 11) is 0. The molecule has 2 amide bonds. The fourth-order valence-electron chi connectivity index (χ4n) is 5.02. The van der Waals surface area contributed by atoms with Crippen LogP contribution in [0.5, 0.6) is 0 Å². The highest BCUT2D eigenvalue weighted by atomic mass is 16.5. The molecule has 0 unspecified atom stereocenters. The molecule has 2 aromatic carbocycles. The van der Waals surface area contributed by atoms with E-state index in [1.165, 1.54) is 0 Å². The van der Waals surface area contributed by atoms with Crippen LogP contribution in [-0.2, 0) is 27.4 Å². The lowest BCUT2D eigenvalue weighted by Crippen LogP contribution is -2.34. The maximum atomic E-state index is 13.7. The van der Waals surface area contributed by atoms with Gasteiger partial charge in [0.25, 0.3) is 0 Å². The second kappa shape index (κ2) is 13.1. The molecule has 42 heavy (non-hydrogen) atoms. The Morgan fingerprint density at radius 1 is 0.929 bits per heavy atom. The second-order valence-electron chi connectivity index (χ2n) is 11.0. The van der Waals surface area contributed by atoms with Crippen molar-refractivity contribution in [2.45, 2.75) is 65.6 Å². The highest BCUT2D eigenvalue weighted by Gasteiger charge is 2.29. The SMILES string of the molecule is CC(C)c1cn(CCOCCNC(=O)CCC(=O)N2Cc3ccccc3-c3nnn(C(C)C)c3-c3ccccc32)nn1. The normalized spacial score (nSPS) is 12.5. The topological polar surface area (TPSA) is 120 Å². The van der Waals surface area contributed by atoms with Crippen molar-refractivity contribution in [3.05, 3.63) is 66.0 Å². The lowest BCUT2D eigenvalue weighted by Gasteiger charge is -2.29. The number of ether oxygens (including phenoxy) is 1. The number of carbonyl (C=O) groups excluding carboxylic acids is 2. The first-order chi connectivity index (χ1) is 20.3. The number of fused-ring (bicyclic) bond motifs is 5. The maximum Gasteiger partial charge on any atom is 0.227 e. The molecule has 4 aromatic rings. The Labute approximate surface area is 245 Å². The molecule has 220 valence electrons. The Morgan fingerprint density at radius 2 is 1.69 bits per heavy atom. The van der Waals surface area contributed by atoms with Gasteiger partial charge < -0.3 is 15.0 Å². The molecule has 5 rings (SSSR count). The Morgan fingerprint density at radius 3 is 2.45 bits per heavy atom. The van der Waals surface area contributed by atoms with Crippen LogP contribution in [-0.4, -0.2) is 61.6 Å². The molecule has 0 aliphatic carbocycles. The number of benzene rings is 2. The zero-order valence-corrected chi connectivity index (χ0v) is 24.7. The van der Waals surface area contributed by atoms with E-state index in [-0.39, 0.29) is 30.7 Å². The van der Waals surface area contributed by atoms with Crippen molar-refractivity contribution in [1.82, 2.24) is 35.3 Å². The van der Waals surface area contributed by atoms with Gasteiger partial charge in [0.2, 0.25) is 11.8 Å². The van der Waals surface area contributed by atoms with Gasteiger partial charge in [0.15, 0.2) is 0 Å². The van der Waals surface area contributed by atoms with Crippen LogP contribution in [0.15, 0.2) is 54.7 Å². The number of carbonyl (C=O) groups is 2. The van der Waals surface area contributed by atoms with Gasteiger partial charge in [0.1, 0.15) is 5.69 Å². The van der Waals surface area contributed by atoms with Crippen LogP contribution < -0.4 is 10.2 Å². The van der Waals surface area contributed by atoms with Gasteiger partial charge in [-0.2, -0.15) is 0 Å². The minimum absolute atomic E-state index is 0.0815. The number of nitrogens with one attached hydrogen (secondary N) is 1. The first-order valence-electron chi connectivity index (χ1n) is 14.5. The zero-order valence-electron chi connectivity index (χ0n) is 24.7. The van der Waals surface area contributed by atoms with Crippen molar-refractivity contribution in [3.63, 3.8) is 0 Å². The molecule has 0 atom stereocenters. The van der Waals surface area contributed by atoms with E-state index in [2.05, 4.69) is 53.6 Å². The fourth-order valence-corrected chi connectivity index (χ4v) is 5.02. The van der Waals surface area contributed by atoms with Crippen LogP contribution in [0, 0.1) is 0 Å². The van der Waals surface area contributed by atoms with Crippen molar-refractivity contribution in [1.29, 1.82) is 0 Å². The highest BCUT2D eigenvalue weighted by molar-refractivity contribution is 6.01. The molecule has 0 saturated carbocycles. The molecular weight excluding hydrogens is 532 g/mol. The third kappa shape index (κ3) is 6.41. The van der Waals surface area contributed by atoms with Crippen molar-refractivity contribution >= 4 is 17.5 Å². The van der Waals surface area contributed by atoms with Gasteiger partial charge in [-0.05, 0) is 31.4 Å². The Hall–Kier alpha value is -4.38. The zero-order chi connectivity index (χ0) is 29.6. The van der Waals surface area contributed by atoms with Crippen LogP contribution in [0.4, 0.5) is 5.69 Å². The molecule has 0 radical (unpaired) electrons. The molecule has 11 nitrogen and oxygen atoms in total. The largest absolute Gasteiger partial charge is 0.378 e. The summed E-state index contributed by atoms with van der Waals surface area (Å²) in [5.41, 5.74) is 6.24. The third-order valence-electron chi connectivity index (χ3n) is 7.28. The molecular formula is C31H38N8O3. The number of aromatic nitrogens is 6. The molecule has 3 heterocycles. The summed E-state index contributed by atoms with van der Waals surface area (Å²) >= 11 is 0. The molecule has 11 heteroatoms. The molecule has 1 aliphatic heterocycles. The van der Waals surface area contributed by atoms with E-state index in [1.54, 1.807) is 9.58 Å². The minimum Gasteiger partial charge on any atom is -0.378 e. The highest BCUT2D eigenvalue weighted by Crippen LogP contribution is 2.42. The second-order valence-corrected chi connectivity index (χ2v) is 11.0. The van der Waals surface area contributed by atoms with Crippen molar-refractivity contribution in [2.75, 3.05) is 24.7 Å². The van der Waals surface area contributed by atoms with Crippen LogP contribution in [0.25, 0.3) is 22.5 Å². The average molecular weight is 571 g/mol. The van der Waals surface area contributed by atoms with Gasteiger partial charge >= 0.3 is 0 Å². The predicted molar refractivity (Wildman–Crippen MR) is 160 cm³/mol. The number of rotatable bonds is 11. The molecule has 0 bridgehead atoms. The molecule has 1 aliphatic rings.